The van der Waals surface area contributed by atoms with Gasteiger partial charge in [0.2, 0.25) is 0 Å². The van der Waals surface area contributed by atoms with E-state index in [2.05, 4.69) is 9.97 Å². The monoisotopic (exact) mass is 285 g/mol. The summed E-state index contributed by atoms with van der Waals surface area (Å²) in [6, 6.07) is 6.81. The normalized spacial score (nSPS) is 10.2. The Labute approximate surface area is 121 Å². The molecule has 0 aliphatic rings. The maximum atomic E-state index is 11.8. The lowest BCUT2D eigenvalue weighted by Crippen LogP contribution is -2.21. The van der Waals surface area contributed by atoms with Crippen molar-refractivity contribution in [2.24, 2.45) is 5.73 Å². The Morgan fingerprint density at radius 1 is 1.14 bits per heavy atom. The van der Waals surface area contributed by atoms with Crippen molar-refractivity contribution in [1.82, 2.24) is 14.9 Å². The molecule has 0 bridgehead atoms. The van der Waals surface area contributed by atoms with Gasteiger partial charge in [0.05, 0.1) is 11.9 Å². The Morgan fingerprint density at radius 3 is 2.29 bits per heavy atom. The molecule has 0 unspecified atom stereocenters. The number of nitrogen functional groups attached to an aromatic ring is 1. The van der Waals surface area contributed by atoms with Crippen LogP contribution in [0.5, 0.6) is 0 Å². The first kappa shape index (κ1) is 14.4. The molecular formula is C14H15N5O2. The summed E-state index contributed by atoms with van der Waals surface area (Å²) in [5.41, 5.74) is 12.4. The van der Waals surface area contributed by atoms with E-state index in [0.717, 1.165) is 0 Å². The summed E-state index contributed by atoms with van der Waals surface area (Å²) >= 11 is 0. The molecule has 2 rings (SSSR count). The van der Waals surface area contributed by atoms with E-state index in [1.807, 2.05) is 0 Å². The van der Waals surface area contributed by atoms with E-state index in [0.29, 0.717) is 16.8 Å². The molecule has 2 aromatic rings. The van der Waals surface area contributed by atoms with Crippen LogP contribution in [0, 0.1) is 0 Å². The van der Waals surface area contributed by atoms with Crippen LogP contribution in [0.2, 0.25) is 0 Å². The van der Waals surface area contributed by atoms with E-state index in [-0.39, 0.29) is 17.4 Å². The molecule has 0 spiro atoms. The highest BCUT2D eigenvalue weighted by molar-refractivity contribution is 5.96. The second-order valence-electron chi connectivity index (χ2n) is 4.63. The molecule has 1 aromatic carbocycles. The van der Waals surface area contributed by atoms with Crippen molar-refractivity contribution in [2.75, 3.05) is 19.8 Å². The summed E-state index contributed by atoms with van der Waals surface area (Å²) in [4.78, 5) is 32.5. The highest BCUT2D eigenvalue weighted by Gasteiger charge is 2.12. The van der Waals surface area contributed by atoms with Crippen LogP contribution in [0.3, 0.4) is 0 Å². The summed E-state index contributed by atoms with van der Waals surface area (Å²) in [5.74, 6) is -0.838. The van der Waals surface area contributed by atoms with Crippen molar-refractivity contribution in [2.45, 2.75) is 0 Å². The van der Waals surface area contributed by atoms with Crippen LogP contribution in [-0.4, -0.2) is 40.8 Å². The molecule has 1 heterocycles. The molecule has 0 saturated heterocycles. The lowest BCUT2D eigenvalue weighted by molar-refractivity contribution is 0.0827. The highest BCUT2D eigenvalue weighted by atomic mass is 16.2. The minimum Gasteiger partial charge on any atom is -0.382 e. The zero-order valence-corrected chi connectivity index (χ0v) is 11.7. The second kappa shape index (κ2) is 5.58. The van der Waals surface area contributed by atoms with Gasteiger partial charge in [-0.3, -0.25) is 9.59 Å². The third kappa shape index (κ3) is 2.97. The zero-order valence-electron chi connectivity index (χ0n) is 11.7. The van der Waals surface area contributed by atoms with Crippen LogP contribution in [0.1, 0.15) is 20.8 Å². The quantitative estimate of drug-likeness (QED) is 0.853. The molecule has 0 saturated carbocycles. The number of benzene rings is 1. The van der Waals surface area contributed by atoms with Crippen molar-refractivity contribution in [3.63, 3.8) is 0 Å². The summed E-state index contributed by atoms with van der Waals surface area (Å²) in [6.45, 7) is 0. The lowest BCUT2D eigenvalue weighted by Gasteiger charge is -2.10. The molecular weight excluding hydrogens is 270 g/mol. The number of hydrogen-bond acceptors (Lipinski definition) is 5. The molecule has 0 aliphatic heterocycles. The third-order valence-corrected chi connectivity index (χ3v) is 2.87. The molecule has 0 atom stereocenters. The molecule has 4 N–H and O–H groups in total. The number of carbonyl (C=O) groups is 2. The number of rotatable bonds is 3. The Kier molecular flexibility index (Phi) is 3.84. The van der Waals surface area contributed by atoms with Crippen LogP contribution in [0.4, 0.5) is 5.82 Å². The van der Waals surface area contributed by atoms with Crippen LogP contribution >= 0.6 is 0 Å². The average molecular weight is 285 g/mol. The maximum absolute atomic E-state index is 11.8. The maximum Gasteiger partial charge on any atom is 0.271 e. The van der Waals surface area contributed by atoms with Gasteiger partial charge in [-0.2, -0.15) is 0 Å². The van der Waals surface area contributed by atoms with Gasteiger partial charge in [-0.15, -0.1) is 0 Å². The Morgan fingerprint density at radius 2 is 1.76 bits per heavy atom. The smallest absolute Gasteiger partial charge is 0.271 e. The Balaban J connectivity index is 2.37. The summed E-state index contributed by atoms with van der Waals surface area (Å²) < 4.78 is 0. The van der Waals surface area contributed by atoms with Crippen molar-refractivity contribution in [1.29, 1.82) is 0 Å². The molecule has 0 radical (unpaired) electrons. The number of aromatic nitrogens is 2. The predicted molar refractivity (Wildman–Crippen MR) is 78.4 cm³/mol. The fourth-order valence-electron chi connectivity index (χ4n) is 1.76. The number of hydrogen-bond donors (Lipinski definition) is 2. The molecule has 1 aromatic heterocycles. The Hall–Kier alpha value is -2.96. The van der Waals surface area contributed by atoms with E-state index in [4.69, 9.17) is 11.5 Å². The minimum absolute atomic E-state index is 0.00865. The van der Waals surface area contributed by atoms with E-state index in [9.17, 15) is 9.59 Å². The first-order chi connectivity index (χ1) is 9.90. The van der Waals surface area contributed by atoms with Crippen LogP contribution in [0.25, 0.3) is 11.3 Å². The van der Waals surface area contributed by atoms with Crippen LogP contribution in [0.15, 0.2) is 30.5 Å². The molecule has 7 nitrogen and oxygen atoms in total. The number of primary amides is 1. The van der Waals surface area contributed by atoms with Crippen LogP contribution < -0.4 is 11.5 Å². The van der Waals surface area contributed by atoms with Gasteiger partial charge >= 0.3 is 0 Å². The Bertz CT molecular complexity index is 695. The van der Waals surface area contributed by atoms with Crippen molar-refractivity contribution in [3.05, 3.63) is 41.7 Å². The summed E-state index contributed by atoms with van der Waals surface area (Å²) in [6.07, 6.45) is 1.45. The van der Waals surface area contributed by atoms with Crippen LogP contribution in [-0.2, 0) is 0 Å². The van der Waals surface area contributed by atoms with E-state index >= 15 is 0 Å². The number of carbonyl (C=O) groups excluding carboxylic acids is 2. The van der Waals surface area contributed by atoms with Gasteiger partial charge in [-0.05, 0) is 12.1 Å². The van der Waals surface area contributed by atoms with Gasteiger partial charge in [-0.25, -0.2) is 9.97 Å². The van der Waals surface area contributed by atoms with Gasteiger partial charge in [0.1, 0.15) is 0 Å². The van der Waals surface area contributed by atoms with Gasteiger partial charge in [0.15, 0.2) is 11.5 Å². The van der Waals surface area contributed by atoms with Gasteiger partial charge in [0.25, 0.3) is 11.8 Å². The fraction of sp³-hybridized carbons (Fsp3) is 0.143. The van der Waals surface area contributed by atoms with Gasteiger partial charge < -0.3 is 16.4 Å². The average Bonchev–Trinajstić information content (AvgIpc) is 2.46. The van der Waals surface area contributed by atoms with E-state index < -0.39 is 5.91 Å². The molecule has 2 amide bonds. The SMILES string of the molecule is CN(C)C(=O)c1ccc(-c2cnc(N)c(C(N)=O)n2)cc1. The fourth-order valence-corrected chi connectivity index (χ4v) is 1.76. The van der Waals surface area contributed by atoms with E-state index in [1.165, 1.54) is 11.1 Å². The van der Waals surface area contributed by atoms with Crippen molar-refractivity contribution in [3.8, 4) is 11.3 Å². The van der Waals surface area contributed by atoms with Gasteiger partial charge in [-0.1, -0.05) is 12.1 Å². The topological polar surface area (TPSA) is 115 Å². The largest absolute Gasteiger partial charge is 0.382 e. The first-order valence-electron chi connectivity index (χ1n) is 6.14. The summed E-state index contributed by atoms with van der Waals surface area (Å²) in [7, 11) is 3.36. The zero-order chi connectivity index (χ0) is 15.6. The minimum atomic E-state index is -0.735. The number of anilines is 1. The lowest BCUT2D eigenvalue weighted by atomic mass is 10.1. The first-order valence-corrected chi connectivity index (χ1v) is 6.14. The molecule has 0 aliphatic carbocycles. The van der Waals surface area contributed by atoms with E-state index in [1.54, 1.807) is 38.4 Å². The summed E-state index contributed by atoms with van der Waals surface area (Å²) in [5, 5.41) is 0. The number of nitrogens with zero attached hydrogens (tertiary/aromatic N) is 3. The molecule has 21 heavy (non-hydrogen) atoms. The highest BCUT2D eigenvalue weighted by Crippen LogP contribution is 2.19. The predicted octanol–water partition coefficient (Wildman–Crippen LogP) is 0.526. The molecule has 0 fully saturated rings. The second-order valence-corrected chi connectivity index (χ2v) is 4.63. The number of amides is 2. The van der Waals surface area contributed by atoms with Crippen molar-refractivity contribution >= 4 is 17.6 Å². The van der Waals surface area contributed by atoms with Gasteiger partial charge in [0, 0.05) is 25.2 Å². The third-order valence-electron chi connectivity index (χ3n) is 2.87. The molecule has 108 valence electrons. The van der Waals surface area contributed by atoms with Crippen molar-refractivity contribution < 1.29 is 9.59 Å². The molecule has 7 heteroatoms. The number of nitrogens with two attached hydrogens (primary N) is 2. The standard InChI is InChI=1S/C14H15N5O2/c1-19(2)14(21)9-5-3-8(4-6-9)10-7-17-12(15)11(18-10)13(16)20/h3-7H,1-2H3,(H2,15,17)(H2,16,20).